The molecule has 1 saturated heterocycles. The molecule has 1 N–H and O–H groups in total. The quantitative estimate of drug-likeness (QED) is 0.760. The highest BCUT2D eigenvalue weighted by Gasteiger charge is 2.25. The van der Waals surface area contributed by atoms with Crippen LogP contribution < -0.4 is 0 Å². The number of H-pyrrole nitrogens is 1. The average molecular weight is 379 g/mol. The second kappa shape index (κ2) is 7.46. The molecule has 1 aromatic heterocycles. The number of aromatic amines is 1. The van der Waals surface area contributed by atoms with Crippen LogP contribution in [0.25, 0.3) is 10.9 Å². The fraction of sp³-hybridized carbons (Fsp3) is 0.273. The number of nitrogens with zero attached hydrogens (tertiary/aromatic N) is 2. The van der Waals surface area contributed by atoms with Gasteiger partial charge in [-0.15, -0.1) is 0 Å². The molecular weight excluding hydrogens is 357 g/mol. The van der Waals surface area contributed by atoms with E-state index in [1.807, 2.05) is 25.1 Å². The lowest BCUT2D eigenvalue weighted by atomic mass is 10.1. The molecule has 1 aliphatic rings. The highest BCUT2D eigenvalue weighted by atomic mass is 19.1. The van der Waals surface area contributed by atoms with Crippen LogP contribution >= 0.6 is 0 Å². The van der Waals surface area contributed by atoms with Gasteiger partial charge in [-0.05, 0) is 42.8 Å². The molecule has 0 atom stereocenters. The number of aryl methyl sites for hydroxylation is 1. The lowest BCUT2D eigenvalue weighted by molar-refractivity contribution is -0.131. The maximum Gasteiger partial charge on any atom is 0.270 e. The molecule has 0 bridgehead atoms. The van der Waals surface area contributed by atoms with Gasteiger partial charge in [-0.3, -0.25) is 9.59 Å². The smallest absolute Gasteiger partial charge is 0.270 e. The molecule has 4 rings (SSSR count). The van der Waals surface area contributed by atoms with Crippen LogP contribution in [0.5, 0.6) is 0 Å². The number of amides is 2. The SMILES string of the molecule is Cc1ccc2[nH]c(C(=O)N3CCN(C(=O)Cc4ccc(F)cc4)CC3)cc2c1. The zero-order valence-electron chi connectivity index (χ0n) is 15.7. The molecule has 2 aromatic carbocycles. The molecule has 28 heavy (non-hydrogen) atoms. The molecule has 3 aromatic rings. The lowest BCUT2D eigenvalue weighted by Crippen LogP contribution is -2.51. The van der Waals surface area contributed by atoms with Gasteiger partial charge in [0.1, 0.15) is 11.5 Å². The average Bonchev–Trinajstić information content (AvgIpc) is 3.12. The predicted molar refractivity (Wildman–Crippen MR) is 106 cm³/mol. The van der Waals surface area contributed by atoms with Crippen molar-refractivity contribution in [2.45, 2.75) is 13.3 Å². The summed E-state index contributed by atoms with van der Waals surface area (Å²) < 4.78 is 13.0. The van der Waals surface area contributed by atoms with Gasteiger partial charge in [0.05, 0.1) is 6.42 Å². The molecule has 144 valence electrons. The Balaban J connectivity index is 1.36. The van der Waals surface area contributed by atoms with Crippen molar-refractivity contribution in [1.29, 1.82) is 0 Å². The van der Waals surface area contributed by atoms with E-state index < -0.39 is 0 Å². The van der Waals surface area contributed by atoms with Crippen molar-refractivity contribution < 1.29 is 14.0 Å². The Morgan fingerprint density at radius 2 is 1.64 bits per heavy atom. The zero-order chi connectivity index (χ0) is 19.7. The van der Waals surface area contributed by atoms with Gasteiger partial charge in [0.15, 0.2) is 0 Å². The first kappa shape index (κ1) is 18.2. The Bertz CT molecular complexity index is 1020. The molecule has 0 saturated carbocycles. The zero-order valence-corrected chi connectivity index (χ0v) is 15.7. The molecule has 6 heteroatoms. The van der Waals surface area contributed by atoms with Crippen LogP contribution in [0.1, 0.15) is 21.6 Å². The first-order valence-electron chi connectivity index (χ1n) is 9.40. The molecular formula is C22H22FN3O2. The third-order valence-corrected chi connectivity index (χ3v) is 5.19. The van der Waals surface area contributed by atoms with E-state index in [1.165, 1.54) is 12.1 Å². The third-order valence-electron chi connectivity index (χ3n) is 5.19. The van der Waals surface area contributed by atoms with Crippen LogP contribution in [0.4, 0.5) is 4.39 Å². The Hall–Kier alpha value is -3.15. The number of rotatable bonds is 3. The van der Waals surface area contributed by atoms with Gasteiger partial charge < -0.3 is 14.8 Å². The van der Waals surface area contributed by atoms with E-state index in [-0.39, 0.29) is 24.1 Å². The predicted octanol–water partition coefficient (Wildman–Crippen LogP) is 3.14. The number of carbonyl (C=O) groups is 2. The maximum absolute atomic E-state index is 13.0. The molecule has 0 spiro atoms. The van der Waals surface area contributed by atoms with Gasteiger partial charge in [-0.2, -0.15) is 0 Å². The fourth-order valence-corrected chi connectivity index (χ4v) is 3.59. The van der Waals surface area contributed by atoms with E-state index >= 15 is 0 Å². The summed E-state index contributed by atoms with van der Waals surface area (Å²) in [5.74, 6) is -0.352. The van der Waals surface area contributed by atoms with Gasteiger partial charge in [0.2, 0.25) is 5.91 Å². The number of nitrogens with one attached hydrogen (secondary N) is 1. The second-order valence-corrected chi connectivity index (χ2v) is 7.25. The Morgan fingerprint density at radius 3 is 2.36 bits per heavy atom. The van der Waals surface area contributed by atoms with Crippen LogP contribution in [-0.4, -0.2) is 52.8 Å². The topological polar surface area (TPSA) is 56.4 Å². The summed E-state index contributed by atoms with van der Waals surface area (Å²) in [5.41, 5.74) is 3.46. The normalized spacial score (nSPS) is 14.5. The summed E-state index contributed by atoms with van der Waals surface area (Å²) >= 11 is 0. The summed E-state index contributed by atoms with van der Waals surface area (Å²) in [6, 6.07) is 13.9. The molecule has 0 unspecified atom stereocenters. The summed E-state index contributed by atoms with van der Waals surface area (Å²) in [6.45, 7) is 4.04. The van der Waals surface area contributed by atoms with Gasteiger partial charge in [0, 0.05) is 37.1 Å². The Kier molecular flexibility index (Phi) is 4.86. The number of hydrogen-bond acceptors (Lipinski definition) is 2. The molecule has 1 fully saturated rings. The van der Waals surface area contributed by atoms with E-state index in [2.05, 4.69) is 11.1 Å². The van der Waals surface area contributed by atoms with Crippen molar-refractivity contribution >= 4 is 22.7 Å². The highest BCUT2D eigenvalue weighted by Crippen LogP contribution is 2.19. The number of fused-ring (bicyclic) bond motifs is 1. The molecule has 5 nitrogen and oxygen atoms in total. The molecule has 2 heterocycles. The van der Waals surface area contributed by atoms with E-state index in [0.29, 0.717) is 31.9 Å². The Labute approximate surface area is 162 Å². The summed E-state index contributed by atoms with van der Waals surface area (Å²) in [7, 11) is 0. The Morgan fingerprint density at radius 1 is 0.964 bits per heavy atom. The van der Waals surface area contributed by atoms with Crippen molar-refractivity contribution in [3.63, 3.8) is 0 Å². The molecule has 1 aliphatic heterocycles. The van der Waals surface area contributed by atoms with Crippen LogP contribution in [0.2, 0.25) is 0 Å². The largest absolute Gasteiger partial charge is 0.351 e. The van der Waals surface area contributed by atoms with Crippen LogP contribution in [0.15, 0.2) is 48.5 Å². The standard InChI is InChI=1S/C22H22FN3O2/c1-15-2-7-19-17(12-15)14-20(24-19)22(28)26-10-8-25(9-11-26)21(27)13-16-3-5-18(23)6-4-16/h2-7,12,14,24H,8-11,13H2,1H3. The monoisotopic (exact) mass is 379 g/mol. The minimum absolute atomic E-state index is 0.000190. The first-order chi connectivity index (χ1) is 13.5. The first-order valence-corrected chi connectivity index (χ1v) is 9.40. The minimum atomic E-state index is -0.310. The van der Waals surface area contributed by atoms with Crippen LogP contribution in [-0.2, 0) is 11.2 Å². The number of benzene rings is 2. The van der Waals surface area contributed by atoms with Gasteiger partial charge in [0.25, 0.3) is 5.91 Å². The number of carbonyl (C=O) groups excluding carboxylic acids is 2. The van der Waals surface area contributed by atoms with E-state index in [4.69, 9.17) is 0 Å². The van der Waals surface area contributed by atoms with Crippen molar-refractivity contribution in [3.8, 4) is 0 Å². The van der Waals surface area contributed by atoms with Crippen molar-refractivity contribution in [2.75, 3.05) is 26.2 Å². The number of hydrogen-bond donors (Lipinski definition) is 1. The van der Waals surface area contributed by atoms with Crippen molar-refractivity contribution in [3.05, 3.63) is 71.2 Å². The number of aromatic nitrogens is 1. The van der Waals surface area contributed by atoms with Crippen LogP contribution in [0.3, 0.4) is 0 Å². The minimum Gasteiger partial charge on any atom is -0.351 e. The summed E-state index contributed by atoms with van der Waals surface area (Å²) in [5, 5.41) is 1.02. The second-order valence-electron chi connectivity index (χ2n) is 7.25. The fourth-order valence-electron chi connectivity index (χ4n) is 3.59. The maximum atomic E-state index is 13.0. The number of halogens is 1. The van der Waals surface area contributed by atoms with Gasteiger partial charge in [-0.1, -0.05) is 23.8 Å². The van der Waals surface area contributed by atoms with Gasteiger partial charge in [-0.25, -0.2) is 4.39 Å². The van der Waals surface area contributed by atoms with E-state index in [1.54, 1.807) is 21.9 Å². The van der Waals surface area contributed by atoms with Crippen molar-refractivity contribution in [1.82, 2.24) is 14.8 Å². The van der Waals surface area contributed by atoms with Crippen LogP contribution in [0, 0.1) is 12.7 Å². The highest BCUT2D eigenvalue weighted by molar-refractivity contribution is 5.98. The number of piperazine rings is 1. The molecule has 0 aliphatic carbocycles. The molecule has 2 amide bonds. The van der Waals surface area contributed by atoms with E-state index in [9.17, 15) is 14.0 Å². The third kappa shape index (κ3) is 3.76. The molecule has 0 radical (unpaired) electrons. The summed E-state index contributed by atoms with van der Waals surface area (Å²) in [4.78, 5) is 32.0. The van der Waals surface area contributed by atoms with Gasteiger partial charge >= 0.3 is 0 Å². The lowest BCUT2D eigenvalue weighted by Gasteiger charge is -2.34. The summed E-state index contributed by atoms with van der Waals surface area (Å²) in [6.07, 6.45) is 0.246. The van der Waals surface area contributed by atoms with Crippen molar-refractivity contribution in [2.24, 2.45) is 0 Å². The van der Waals surface area contributed by atoms with E-state index in [0.717, 1.165) is 22.0 Å².